The highest BCUT2D eigenvalue weighted by atomic mass is 32.1. The molecular weight excluding hydrogens is 456 g/mol. The van der Waals surface area contributed by atoms with E-state index in [4.69, 9.17) is 0 Å². The van der Waals surface area contributed by atoms with E-state index in [9.17, 15) is 22.4 Å². The summed E-state index contributed by atoms with van der Waals surface area (Å²) in [6.07, 6.45) is 0.390. The average molecular weight is 476 g/mol. The van der Waals surface area contributed by atoms with Crippen LogP contribution in [0.2, 0.25) is 0 Å². The number of alkyl halides is 3. The van der Waals surface area contributed by atoms with Crippen LogP contribution in [0, 0.1) is 18.7 Å². The van der Waals surface area contributed by atoms with Crippen molar-refractivity contribution < 1.29 is 22.4 Å². The van der Waals surface area contributed by atoms with Crippen LogP contribution in [0.4, 0.5) is 17.6 Å². The first kappa shape index (κ1) is 21.9. The van der Waals surface area contributed by atoms with Crippen LogP contribution in [0.3, 0.4) is 0 Å². The summed E-state index contributed by atoms with van der Waals surface area (Å²) in [6.45, 7) is 1.83. The van der Waals surface area contributed by atoms with Crippen molar-refractivity contribution in [2.75, 3.05) is 0 Å². The predicted molar refractivity (Wildman–Crippen MR) is 114 cm³/mol. The Labute approximate surface area is 191 Å². The molecule has 0 aliphatic carbocycles. The maximum atomic E-state index is 13.6. The second kappa shape index (κ2) is 8.16. The summed E-state index contributed by atoms with van der Waals surface area (Å²) in [4.78, 5) is 28.1. The molecule has 0 spiro atoms. The van der Waals surface area contributed by atoms with Crippen molar-refractivity contribution in [3.63, 3.8) is 0 Å². The molecular formula is C23H20F4N4OS. The third-order valence-electron chi connectivity index (χ3n) is 6.41. The number of nitrogens with zero attached hydrogens (tertiary/aromatic N) is 4. The number of hydrogen-bond donors (Lipinski definition) is 0. The van der Waals surface area contributed by atoms with Crippen molar-refractivity contribution in [3.8, 4) is 10.4 Å². The monoisotopic (exact) mass is 476 g/mol. The normalized spacial score (nSPS) is 22.2. The lowest BCUT2D eigenvalue weighted by Gasteiger charge is -2.24. The predicted octanol–water partition coefficient (Wildman–Crippen LogP) is 5.30. The smallest absolute Gasteiger partial charge is 0.331 e. The van der Waals surface area contributed by atoms with Gasteiger partial charge in [-0.3, -0.25) is 9.78 Å². The first-order valence-corrected chi connectivity index (χ1v) is 11.5. The Hall–Kier alpha value is -2.88. The summed E-state index contributed by atoms with van der Waals surface area (Å²) in [5.41, 5.74) is 0.595. The third kappa shape index (κ3) is 4.12. The van der Waals surface area contributed by atoms with Crippen molar-refractivity contribution in [2.45, 2.75) is 50.9 Å². The third-order valence-corrected chi connectivity index (χ3v) is 7.43. The Morgan fingerprint density at radius 2 is 1.91 bits per heavy atom. The fourth-order valence-electron chi connectivity index (χ4n) is 5.02. The summed E-state index contributed by atoms with van der Waals surface area (Å²) in [5, 5.41) is 0.751. The van der Waals surface area contributed by atoms with Gasteiger partial charge in [-0.2, -0.15) is 13.2 Å². The van der Waals surface area contributed by atoms with Crippen LogP contribution in [0.1, 0.15) is 46.1 Å². The maximum absolute atomic E-state index is 13.6. The first-order valence-electron chi connectivity index (χ1n) is 10.6. The molecule has 2 fully saturated rings. The Morgan fingerprint density at radius 3 is 2.58 bits per heavy atom. The number of thiazole rings is 1. The summed E-state index contributed by atoms with van der Waals surface area (Å²) >= 11 is 1.40. The van der Waals surface area contributed by atoms with Crippen LogP contribution < -0.4 is 0 Å². The quantitative estimate of drug-likeness (QED) is 0.480. The van der Waals surface area contributed by atoms with E-state index >= 15 is 0 Å². The molecule has 2 aliphatic rings. The number of aromatic nitrogens is 3. The standard InChI is InChI=1S/C23H20F4N4OS/c1-12-30-20(21(33-12)13-2-4-15(24)5-3-13)22(32)31-17-6-7-18(31)14(9-17)8-16-10-29-19(11-28-16)23(25,26)27/h2-5,10-11,14,17-18H,6-9H2,1H3. The molecule has 2 aliphatic heterocycles. The molecule has 10 heteroatoms. The lowest BCUT2D eigenvalue weighted by Crippen LogP contribution is -2.37. The fourth-order valence-corrected chi connectivity index (χ4v) is 5.93. The zero-order chi connectivity index (χ0) is 23.3. The highest BCUT2D eigenvalue weighted by Crippen LogP contribution is 2.44. The molecule has 0 N–H and O–H groups in total. The van der Waals surface area contributed by atoms with E-state index in [1.165, 1.54) is 29.7 Å². The van der Waals surface area contributed by atoms with Crippen LogP contribution >= 0.6 is 11.3 Å². The number of carbonyl (C=O) groups is 1. The molecule has 2 aromatic heterocycles. The highest BCUT2D eigenvalue weighted by Gasteiger charge is 2.49. The van der Waals surface area contributed by atoms with Gasteiger partial charge in [-0.25, -0.2) is 14.4 Å². The molecule has 5 rings (SSSR count). The molecule has 1 amide bonds. The van der Waals surface area contributed by atoms with Gasteiger partial charge in [0.2, 0.25) is 0 Å². The summed E-state index contributed by atoms with van der Waals surface area (Å²) in [6, 6.07) is 6.05. The summed E-state index contributed by atoms with van der Waals surface area (Å²) < 4.78 is 51.6. The van der Waals surface area contributed by atoms with Gasteiger partial charge in [-0.15, -0.1) is 11.3 Å². The van der Waals surface area contributed by atoms with Crippen LogP contribution in [0.5, 0.6) is 0 Å². The van der Waals surface area contributed by atoms with Crippen LogP contribution in [0.15, 0.2) is 36.7 Å². The molecule has 0 saturated carbocycles. The van der Waals surface area contributed by atoms with Crippen molar-refractivity contribution in [2.24, 2.45) is 5.92 Å². The van der Waals surface area contributed by atoms with Crippen molar-refractivity contribution in [3.05, 3.63) is 64.6 Å². The van der Waals surface area contributed by atoms with Gasteiger partial charge in [0.05, 0.1) is 21.8 Å². The molecule has 3 unspecified atom stereocenters. The number of rotatable bonds is 4. The topological polar surface area (TPSA) is 59.0 Å². The number of amides is 1. The van der Waals surface area contributed by atoms with Gasteiger partial charge in [0.1, 0.15) is 11.5 Å². The van der Waals surface area contributed by atoms with E-state index in [-0.39, 0.29) is 29.7 Å². The molecule has 0 radical (unpaired) electrons. The van der Waals surface area contributed by atoms with Gasteiger partial charge in [0, 0.05) is 18.3 Å². The lowest BCUT2D eigenvalue weighted by molar-refractivity contribution is -0.141. The minimum atomic E-state index is -4.52. The molecule has 5 nitrogen and oxygen atoms in total. The van der Waals surface area contributed by atoms with E-state index in [0.29, 0.717) is 22.7 Å². The first-order chi connectivity index (χ1) is 15.7. The van der Waals surface area contributed by atoms with Crippen molar-refractivity contribution in [1.29, 1.82) is 0 Å². The minimum Gasteiger partial charge on any atom is -0.331 e. The molecule has 2 saturated heterocycles. The minimum absolute atomic E-state index is 0.0188. The van der Waals surface area contributed by atoms with E-state index < -0.39 is 11.9 Å². The van der Waals surface area contributed by atoms with Gasteiger partial charge in [-0.05, 0) is 56.2 Å². The maximum Gasteiger partial charge on any atom is 0.434 e. The zero-order valence-corrected chi connectivity index (χ0v) is 18.5. The molecule has 4 heterocycles. The average Bonchev–Trinajstić information content (AvgIpc) is 3.46. The Morgan fingerprint density at radius 1 is 1.15 bits per heavy atom. The number of halogens is 4. The Kier molecular flexibility index (Phi) is 5.43. The largest absolute Gasteiger partial charge is 0.434 e. The number of hydrogen-bond acceptors (Lipinski definition) is 5. The van der Waals surface area contributed by atoms with E-state index in [0.717, 1.165) is 36.0 Å². The Balaban J connectivity index is 1.36. The number of carbonyl (C=O) groups excluding carboxylic acids is 1. The molecule has 3 aromatic rings. The Bertz CT molecular complexity index is 1180. The molecule has 3 atom stereocenters. The molecule has 33 heavy (non-hydrogen) atoms. The number of benzene rings is 1. The van der Waals surface area contributed by atoms with E-state index in [1.54, 1.807) is 12.1 Å². The second-order valence-electron chi connectivity index (χ2n) is 8.52. The summed E-state index contributed by atoms with van der Waals surface area (Å²) in [5.74, 6) is -0.389. The summed E-state index contributed by atoms with van der Waals surface area (Å²) in [7, 11) is 0. The van der Waals surface area contributed by atoms with Gasteiger partial charge < -0.3 is 4.90 Å². The second-order valence-corrected chi connectivity index (χ2v) is 9.72. The van der Waals surface area contributed by atoms with Crippen LogP contribution in [-0.4, -0.2) is 37.8 Å². The molecule has 2 bridgehead atoms. The fraction of sp³-hybridized carbons (Fsp3) is 0.391. The van der Waals surface area contributed by atoms with Crippen molar-refractivity contribution in [1.82, 2.24) is 19.9 Å². The van der Waals surface area contributed by atoms with Crippen LogP contribution in [0.25, 0.3) is 10.4 Å². The van der Waals surface area contributed by atoms with Gasteiger partial charge >= 0.3 is 6.18 Å². The van der Waals surface area contributed by atoms with E-state index in [1.807, 2.05) is 11.8 Å². The van der Waals surface area contributed by atoms with Crippen molar-refractivity contribution >= 4 is 17.2 Å². The lowest BCUT2D eigenvalue weighted by atomic mass is 9.86. The highest BCUT2D eigenvalue weighted by molar-refractivity contribution is 7.15. The van der Waals surface area contributed by atoms with Gasteiger partial charge in [0.15, 0.2) is 5.69 Å². The zero-order valence-electron chi connectivity index (χ0n) is 17.6. The van der Waals surface area contributed by atoms with E-state index in [2.05, 4.69) is 15.0 Å². The van der Waals surface area contributed by atoms with Gasteiger partial charge in [0.25, 0.3) is 5.91 Å². The van der Waals surface area contributed by atoms with Crippen LogP contribution in [-0.2, 0) is 12.6 Å². The molecule has 1 aromatic carbocycles. The SMILES string of the molecule is Cc1nc(C(=O)N2C3CCC2C(Cc2cnc(C(F)(F)F)cn2)C3)c(-c2ccc(F)cc2)s1. The van der Waals surface area contributed by atoms with Gasteiger partial charge in [-0.1, -0.05) is 12.1 Å². The number of fused-ring (bicyclic) bond motifs is 2. The number of aryl methyl sites for hydroxylation is 1. The molecule has 172 valence electrons.